The van der Waals surface area contributed by atoms with E-state index in [1.54, 1.807) is 0 Å². The van der Waals surface area contributed by atoms with E-state index in [9.17, 15) is 4.79 Å². The molecule has 2 aliphatic heterocycles. The van der Waals surface area contributed by atoms with E-state index in [1.165, 1.54) is 25.7 Å². The van der Waals surface area contributed by atoms with E-state index in [-0.39, 0.29) is 6.04 Å². The van der Waals surface area contributed by atoms with Crippen molar-refractivity contribution in [2.24, 2.45) is 0 Å². The number of amides is 1. The Hall–Kier alpha value is -0.650. The predicted molar refractivity (Wildman–Crippen MR) is 93.6 cm³/mol. The lowest BCUT2D eigenvalue weighted by Crippen LogP contribution is -2.52. The molecule has 0 unspecified atom stereocenters. The summed E-state index contributed by atoms with van der Waals surface area (Å²) in [6.45, 7) is 12.1. The van der Waals surface area contributed by atoms with Crippen LogP contribution in [0.1, 0.15) is 52.9 Å². The highest BCUT2D eigenvalue weighted by Crippen LogP contribution is 2.12. The number of nitrogens with one attached hydrogen (secondary N) is 1. The second kappa shape index (κ2) is 9.60. The molecule has 0 aromatic heterocycles. The molecule has 0 aromatic rings. The molecule has 5 heteroatoms. The molecular formula is C18H35N3O2. The molecule has 2 rings (SSSR count). The molecular weight excluding hydrogens is 290 g/mol. The zero-order valence-corrected chi connectivity index (χ0v) is 15.2. The van der Waals surface area contributed by atoms with Crippen LogP contribution in [-0.4, -0.2) is 73.2 Å². The lowest BCUT2D eigenvalue weighted by molar-refractivity contribution is -0.131. The summed E-state index contributed by atoms with van der Waals surface area (Å²) in [5.74, 6) is 0.319. The molecule has 3 atom stereocenters. The van der Waals surface area contributed by atoms with E-state index < -0.39 is 0 Å². The topological polar surface area (TPSA) is 44.8 Å². The second-order valence-corrected chi connectivity index (χ2v) is 7.32. The summed E-state index contributed by atoms with van der Waals surface area (Å²) in [7, 11) is 0. The monoisotopic (exact) mass is 325 g/mol. The maximum Gasteiger partial charge on any atom is 0.224 e. The molecule has 0 aliphatic carbocycles. The van der Waals surface area contributed by atoms with E-state index in [0.717, 1.165) is 39.4 Å². The van der Waals surface area contributed by atoms with E-state index >= 15 is 0 Å². The number of hydrogen-bond donors (Lipinski definition) is 1. The Morgan fingerprint density at radius 1 is 1.17 bits per heavy atom. The Bertz CT molecular complexity index is 356. The zero-order valence-electron chi connectivity index (χ0n) is 15.2. The van der Waals surface area contributed by atoms with E-state index in [0.29, 0.717) is 24.4 Å². The third-order valence-electron chi connectivity index (χ3n) is 5.19. The van der Waals surface area contributed by atoms with E-state index in [2.05, 4.69) is 35.9 Å². The lowest BCUT2D eigenvalue weighted by atomic mass is 10.1. The Labute approximate surface area is 141 Å². The summed E-state index contributed by atoms with van der Waals surface area (Å²) in [5, 5.41) is 3.56. The number of carbonyl (C=O) groups excluding carboxylic acids is 1. The molecule has 134 valence electrons. The number of likely N-dealkylation sites (tertiary alicyclic amines) is 1. The van der Waals surface area contributed by atoms with Gasteiger partial charge in [0.1, 0.15) is 0 Å². The van der Waals surface area contributed by atoms with Crippen molar-refractivity contribution < 1.29 is 9.53 Å². The van der Waals surface area contributed by atoms with Crippen molar-refractivity contribution in [2.45, 2.75) is 71.0 Å². The number of ether oxygens (including phenoxy) is 1. The highest BCUT2D eigenvalue weighted by Gasteiger charge is 2.24. The summed E-state index contributed by atoms with van der Waals surface area (Å²) in [6, 6.07) is 1.20. The molecule has 2 saturated heterocycles. The van der Waals surface area contributed by atoms with Crippen molar-refractivity contribution in [1.29, 1.82) is 0 Å². The highest BCUT2D eigenvalue weighted by molar-refractivity contribution is 5.76. The van der Waals surface area contributed by atoms with Gasteiger partial charge < -0.3 is 15.0 Å². The number of nitrogens with zero attached hydrogens (tertiary/aromatic N) is 2. The molecule has 0 spiro atoms. The fourth-order valence-corrected chi connectivity index (χ4v) is 3.67. The van der Waals surface area contributed by atoms with Crippen molar-refractivity contribution >= 4 is 5.91 Å². The summed E-state index contributed by atoms with van der Waals surface area (Å²) < 4.78 is 5.51. The average Bonchev–Trinajstić information content (AvgIpc) is 2.82. The Balaban J connectivity index is 1.69. The van der Waals surface area contributed by atoms with Crippen LogP contribution in [0, 0.1) is 0 Å². The third-order valence-corrected chi connectivity index (χ3v) is 5.19. The maximum atomic E-state index is 12.4. The smallest absolute Gasteiger partial charge is 0.224 e. The van der Waals surface area contributed by atoms with Crippen molar-refractivity contribution in [3.8, 4) is 0 Å². The van der Waals surface area contributed by atoms with Crippen LogP contribution < -0.4 is 5.32 Å². The van der Waals surface area contributed by atoms with Gasteiger partial charge in [-0.25, -0.2) is 0 Å². The molecule has 23 heavy (non-hydrogen) atoms. The van der Waals surface area contributed by atoms with Crippen LogP contribution in [0.2, 0.25) is 0 Å². The fraction of sp³-hybridized carbons (Fsp3) is 0.944. The van der Waals surface area contributed by atoms with Crippen LogP contribution in [0.5, 0.6) is 0 Å². The first-order valence-electron chi connectivity index (χ1n) is 9.42. The number of carbonyl (C=O) groups is 1. The molecule has 2 aliphatic rings. The van der Waals surface area contributed by atoms with E-state index in [1.807, 2.05) is 0 Å². The summed E-state index contributed by atoms with van der Waals surface area (Å²) in [5.41, 5.74) is 0. The standard InChI is InChI=1S/C18H35N3O2/c1-15(12-18(22)20-8-6-4-5-7-9-20)19-13-16(2)21-10-11-23-14-17(21)3/h15-17,19H,4-14H2,1-3H3/t15-,16+,17+/m1/s1. The largest absolute Gasteiger partial charge is 0.379 e. The van der Waals surface area contributed by atoms with Crippen molar-refractivity contribution in [3.63, 3.8) is 0 Å². The Kier molecular flexibility index (Phi) is 7.80. The van der Waals surface area contributed by atoms with Crippen molar-refractivity contribution in [3.05, 3.63) is 0 Å². The second-order valence-electron chi connectivity index (χ2n) is 7.32. The Morgan fingerprint density at radius 2 is 1.87 bits per heavy atom. The predicted octanol–water partition coefficient (Wildman–Crippen LogP) is 1.87. The molecule has 1 amide bonds. The first-order chi connectivity index (χ1) is 11.1. The minimum atomic E-state index is 0.240. The fourth-order valence-electron chi connectivity index (χ4n) is 3.67. The molecule has 5 nitrogen and oxygen atoms in total. The SMILES string of the molecule is C[C@H](CC(=O)N1CCCCCC1)NC[C@H](C)N1CCOC[C@@H]1C. The highest BCUT2D eigenvalue weighted by atomic mass is 16.5. The van der Waals surface area contributed by atoms with Gasteiger partial charge in [-0.05, 0) is 33.6 Å². The van der Waals surface area contributed by atoms with Gasteiger partial charge in [0.25, 0.3) is 0 Å². The maximum absolute atomic E-state index is 12.4. The van der Waals surface area contributed by atoms with Gasteiger partial charge in [-0.3, -0.25) is 9.69 Å². The van der Waals surface area contributed by atoms with Gasteiger partial charge in [-0.1, -0.05) is 12.8 Å². The molecule has 2 heterocycles. The van der Waals surface area contributed by atoms with Gasteiger partial charge in [0.2, 0.25) is 5.91 Å². The van der Waals surface area contributed by atoms with Gasteiger partial charge in [-0.2, -0.15) is 0 Å². The van der Waals surface area contributed by atoms with Gasteiger partial charge in [-0.15, -0.1) is 0 Å². The summed E-state index contributed by atoms with van der Waals surface area (Å²) in [6.07, 6.45) is 5.49. The minimum absolute atomic E-state index is 0.240. The lowest BCUT2D eigenvalue weighted by Gasteiger charge is -2.38. The van der Waals surface area contributed by atoms with Gasteiger partial charge in [0.15, 0.2) is 0 Å². The number of morpholine rings is 1. The molecule has 0 radical (unpaired) electrons. The first kappa shape index (κ1) is 18.7. The average molecular weight is 325 g/mol. The normalized spacial score (nSPS) is 26.6. The minimum Gasteiger partial charge on any atom is -0.379 e. The molecule has 2 fully saturated rings. The van der Waals surface area contributed by atoms with Crippen LogP contribution in [0.25, 0.3) is 0 Å². The zero-order chi connectivity index (χ0) is 16.7. The molecule has 0 bridgehead atoms. The van der Waals surface area contributed by atoms with E-state index in [4.69, 9.17) is 4.74 Å². The third kappa shape index (κ3) is 6.05. The van der Waals surface area contributed by atoms with Crippen LogP contribution in [0.4, 0.5) is 0 Å². The van der Waals surface area contributed by atoms with Crippen LogP contribution in [0.3, 0.4) is 0 Å². The van der Waals surface area contributed by atoms with Crippen LogP contribution in [0.15, 0.2) is 0 Å². The number of rotatable bonds is 6. The van der Waals surface area contributed by atoms with Gasteiger partial charge in [0, 0.05) is 50.7 Å². The first-order valence-corrected chi connectivity index (χ1v) is 9.42. The molecule has 0 saturated carbocycles. The van der Waals surface area contributed by atoms with Gasteiger partial charge >= 0.3 is 0 Å². The molecule has 1 N–H and O–H groups in total. The quantitative estimate of drug-likeness (QED) is 0.810. The van der Waals surface area contributed by atoms with Crippen LogP contribution >= 0.6 is 0 Å². The number of hydrogen-bond acceptors (Lipinski definition) is 4. The van der Waals surface area contributed by atoms with Gasteiger partial charge in [0.05, 0.1) is 13.2 Å². The molecule has 0 aromatic carbocycles. The van der Waals surface area contributed by atoms with Crippen molar-refractivity contribution in [2.75, 3.05) is 39.4 Å². The summed E-state index contributed by atoms with van der Waals surface area (Å²) >= 11 is 0. The van der Waals surface area contributed by atoms with Crippen LogP contribution in [-0.2, 0) is 9.53 Å². The van der Waals surface area contributed by atoms with Crippen molar-refractivity contribution in [1.82, 2.24) is 15.1 Å². The Morgan fingerprint density at radius 3 is 2.52 bits per heavy atom. The summed E-state index contributed by atoms with van der Waals surface area (Å²) in [4.78, 5) is 17.0.